The van der Waals surface area contributed by atoms with E-state index in [1.54, 1.807) is 0 Å². The van der Waals surface area contributed by atoms with Crippen LogP contribution in [0.5, 0.6) is 0 Å². The van der Waals surface area contributed by atoms with Gasteiger partial charge in [-0.1, -0.05) is 0 Å². The van der Waals surface area contributed by atoms with Crippen molar-refractivity contribution in [3.63, 3.8) is 0 Å². The number of thiophene rings is 2. The Morgan fingerprint density at radius 3 is 2.46 bits per heavy atom. The smallest absolute Gasteiger partial charge is 0.0689 e. The minimum absolute atomic E-state index is 1.39. The van der Waals surface area contributed by atoms with Crippen molar-refractivity contribution >= 4 is 45.3 Å². The average molecular weight is 320 g/mol. The van der Waals surface area contributed by atoms with E-state index in [0.29, 0.717) is 0 Å². The zero-order chi connectivity index (χ0) is 9.42. The molecule has 0 amide bonds. The van der Waals surface area contributed by atoms with Gasteiger partial charge in [-0.25, -0.2) is 0 Å². The summed E-state index contributed by atoms with van der Waals surface area (Å²) in [6.07, 6.45) is 0. The first-order chi connectivity index (χ1) is 6.18. The molecule has 2 aromatic rings. The topological polar surface area (TPSA) is 0 Å². The third-order valence-corrected chi connectivity index (χ3v) is 5.68. The van der Waals surface area contributed by atoms with Crippen LogP contribution < -0.4 is 0 Å². The molecule has 68 valence electrons. The van der Waals surface area contributed by atoms with Crippen LogP contribution in [0.3, 0.4) is 0 Å². The van der Waals surface area contributed by atoms with Gasteiger partial charge < -0.3 is 0 Å². The molecule has 0 aliphatic heterocycles. The summed E-state index contributed by atoms with van der Waals surface area (Å²) in [5.74, 6) is 0. The Morgan fingerprint density at radius 1 is 1.23 bits per heavy atom. The molecular weight excluding hydrogens is 311 g/mol. The van der Waals surface area contributed by atoms with Crippen LogP contribution in [-0.4, -0.2) is 0 Å². The van der Waals surface area contributed by atoms with E-state index in [0.717, 1.165) is 0 Å². The van der Waals surface area contributed by atoms with E-state index < -0.39 is 0 Å². The Bertz CT molecular complexity index is 406. The number of hydrogen-bond donors (Lipinski definition) is 0. The van der Waals surface area contributed by atoms with E-state index in [2.05, 4.69) is 54.0 Å². The van der Waals surface area contributed by atoms with Crippen molar-refractivity contribution in [3.8, 4) is 9.75 Å². The normalized spacial score (nSPS) is 10.7. The molecule has 0 bridgehead atoms. The highest BCUT2D eigenvalue weighted by atomic mass is 127. The summed E-state index contributed by atoms with van der Waals surface area (Å²) in [7, 11) is 0. The number of aryl methyl sites for hydroxylation is 2. The second-order valence-electron chi connectivity index (χ2n) is 3.00. The fourth-order valence-electron chi connectivity index (χ4n) is 1.20. The highest BCUT2D eigenvalue weighted by molar-refractivity contribution is 14.1. The second kappa shape index (κ2) is 3.71. The van der Waals surface area contributed by atoms with Crippen molar-refractivity contribution in [3.05, 3.63) is 31.5 Å². The van der Waals surface area contributed by atoms with Crippen LogP contribution in [0.2, 0.25) is 0 Å². The molecule has 0 atom stereocenters. The molecule has 0 N–H and O–H groups in total. The molecular formula is C10H9IS2. The lowest BCUT2D eigenvalue weighted by atomic mass is 10.2. The molecule has 13 heavy (non-hydrogen) atoms. The predicted molar refractivity (Wildman–Crippen MR) is 69.8 cm³/mol. The fraction of sp³-hybridized carbons (Fsp3) is 0.200. The first-order valence-electron chi connectivity index (χ1n) is 3.99. The van der Waals surface area contributed by atoms with Crippen LogP contribution in [-0.2, 0) is 0 Å². The summed E-state index contributed by atoms with van der Waals surface area (Å²) in [6, 6.07) is 4.47. The molecule has 3 heteroatoms. The molecule has 2 heterocycles. The highest BCUT2D eigenvalue weighted by Crippen LogP contribution is 2.36. The van der Waals surface area contributed by atoms with E-state index in [9.17, 15) is 0 Å². The van der Waals surface area contributed by atoms with Gasteiger partial charge in [-0.3, -0.25) is 0 Å². The predicted octanol–water partition coefficient (Wildman–Crippen LogP) is 4.70. The molecule has 0 aromatic carbocycles. The van der Waals surface area contributed by atoms with E-state index in [-0.39, 0.29) is 0 Å². The van der Waals surface area contributed by atoms with Crippen LogP contribution in [0, 0.1) is 16.7 Å². The van der Waals surface area contributed by atoms with Crippen molar-refractivity contribution in [1.29, 1.82) is 0 Å². The molecule has 2 aromatic heterocycles. The molecule has 0 nitrogen and oxygen atoms in total. The van der Waals surface area contributed by atoms with Crippen LogP contribution in [0.25, 0.3) is 9.75 Å². The Morgan fingerprint density at radius 2 is 2.00 bits per heavy atom. The van der Waals surface area contributed by atoms with Crippen molar-refractivity contribution in [2.24, 2.45) is 0 Å². The lowest BCUT2D eigenvalue weighted by Crippen LogP contribution is -1.67. The van der Waals surface area contributed by atoms with Crippen molar-refractivity contribution < 1.29 is 0 Å². The Balaban J connectivity index is 2.53. The van der Waals surface area contributed by atoms with Gasteiger partial charge in [-0.2, -0.15) is 0 Å². The minimum atomic E-state index is 1.39. The monoisotopic (exact) mass is 320 g/mol. The SMILES string of the molecule is Cc1cc(-c2sccc2C)sc1I. The van der Waals surface area contributed by atoms with Gasteiger partial charge in [0.25, 0.3) is 0 Å². The zero-order valence-electron chi connectivity index (χ0n) is 7.43. The third-order valence-electron chi connectivity index (χ3n) is 1.94. The Hall–Kier alpha value is 0.130. The van der Waals surface area contributed by atoms with Crippen LogP contribution >= 0.6 is 45.3 Å². The quantitative estimate of drug-likeness (QED) is 0.668. The largest absolute Gasteiger partial charge is 0.143 e. The highest BCUT2D eigenvalue weighted by Gasteiger charge is 2.08. The summed E-state index contributed by atoms with van der Waals surface area (Å²) in [5, 5.41) is 2.16. The zero-order valence-corrected chi connectivity index (χ0v) is 11.2. The van der Waals surface area contributed by atoms with E-state index in [1.165, 1.54) is 23.8 Å². The molecule has 0 spiro atoms. The van der Waals surface area contributed by atoms with E-state index >= 15 is 0 Å². The summed E-state index contributed by atoms with van der Waals surface area (Å²) in [5.41, 5.74) is 2.79. The first kappa shape index (κ1) is 9.68. The molecule has 2 rings (SSSR count). The number of halogens is 1. The molecule has 0 radical (unpaired) electrons. The van der Waals surface area contributed by atoms with Gasteiger partial charge in [-0.15, -0.1) is 22.7 Å². The first-order valence-corrected chi connectivity index (χ1v) is 6.76. The lowest BCUT2D eigenvalue weighted by Gasteiger charge is -1.92. The summed E-state index contributed by atoms with van der Waals surface area (Å²) in [4.78, 5) is 2.84. The number of hydrogen-bond acceptors (Lipinski definition) is 2. The minimum Gasteiger partial charge on any atom is -0.143 e. The molecule has 0 unspecified atom stereocenters. The van der Waals surface area contributed by atoms with Gasteiger partial charge in [0.15, 0.2) is 0 Å². The van der Waals surface area contributed by atoms with E-state index in [4.69, 9.17) is 0 Å². The van der Waals surface area contributed by atoms with Crippen molar-refractivity contribution in [2.45, 2.75) is 13.8 Å². The molecule has 0 saturated heterocycles. The number of rotatable bonds is 1. The molecule has 0 saturated carbocycles. The van der Waals surface area contributed by atoms with Gasteiger partial charge in [0.1, 0.15) is 0 Å². The molecule has 0 aliphatic carbocycles. The van der Waals surface area contributed by atoms with Gasteiger partial charge in [-0.05, 0) is 65.1 Å². The van der Waals surface area contributed by atoms with Gasteiger partial charge in [0.2, 0.25) is 0 Å². The van der Waals surface area contributed by atoms with Crippen molar-refractivity contribution in [2.75, 3.05) is 0 Å². The molecule has 0 fully saturated rings. The van der Waals surface area contributed by atoms with Crippen LogP contribution in [0.4, 0.5) is 0 Å². The maximum atomic E-state index is 2.40. The van der Waals surface area contributed by atoms with E-state index in [1.807, 2.05) is 22.7 Å². The van der Waals surface area contributed by atoms with Gasteiger partial charge >= 0.3 is 0 Å². The Labute approximate surface area is 99.8 Å². The summed E-state index contributed by atoms with van der Waals surface area (Å²) in [6.45, 7) is 4.35. The Kier molecular flexibility index (Phi) is 2.76. The molecule has 0 aliphatic rings. The third kappa shape index (κ3) is 1.82. The van der Waals surface area contributed by atoms with Crippen LogP contribution in [0.1, 0.15) is 11.1 Å². The fourth-order valence-corrected chi connectivity index (χ4v) is 4.07. The van der Waals surface area contributed by atoms with Gasteiger partial charge in [0, 0.05) is 9.75 Å². The second-order valence-corrected chi connectivity index (χ2v) is 6.78. The maximum Gasteiger partial charge on any atom is 0.0689 e. The lowest BCUT2D eigenvalue weighted by molar-refractivity contribution is 1.52. The van der Waals surface area contributed by atoms with Crippen LogP contribution in [0.15, 0.2) is 17.5 Å². The summed E-state index contributed by atoms with van der Waals surface area (Å²) >= 11 is 6.12. The van der Waals surface area contributed by atoms with Crippen molar-refractivity contribution in [1.82, 2.24) is 0 Å². The maximum absolute atomic E-state index is 2.40. The summed E-state index contributed by atoms with van der Waals surface area (Å²) < 4.78 is 1.40. The van der Waals surface area contributed by atoms with Gasteiger partial charge in [0.05, 0.1) is 2.88 Å². The average Bonchev–Trinajstić information content (AvgIpc) is 2.60. The standard InChI is InChI=1S/C10H9IS2/c1-6-3-4-12-9(6)8-5-7(2)10(11)13-8/h3-5H,1-2H3.